The predicted octanol–water partition coefficient (Wildman–Crippen LogP) is 4.23. The minimum absolute atomic E-state index is 0.0757. The van der Waals surface area contributed by atoms with Gasteiger partial charge in [0.15, 0.2) is 5.78 Å². The molecule has 2 atom stereocenters. The van der Waals surface area contributed by atoms with E-state index < -0.39 is 24.1 Å². The SMILES string of the molecule is COCC(=O)[C@H](CC(C)C)NC(=O)[C@H](CC(C)C)NC(=O)OCc1ccc2ccccc2c1. The molecule has 2 aromatic carbocycles. The molecule has 7 heteroatoms. The van der Waals surface area contributed by atoms with Crippen LogP contribution in [0.5, 0.6) is 0 Å². The van der Waals surface area contributed by atoms with Crippen LogP contribution in [0.25, 0.3) is 10.8 Å². The highest BCUT2D eigenvalue weighted by Crippen LogP contribution is 2.16. The van der Waals surface area contributed by atoms with Gasteiger partial charge in [0, 0.05) is 7.11 Å². The molecule has 180 valence electrons. The van der Waals surface area contributed by atoms with Gasteiger partial charge in [-0.2, -0.15) is 0 Å². The molecule has 0 radical (unpaired) electrons. The number of carbonyl (C=O) groups is 3. The van der Waals surface area contributed by atoms with Gasteiger partial charge in [0.05, 0.1) is 6.04 Å². The van der Waals surface area contributed by atoms with Gasteiger partial charge < -0.3 is 20.1 Å². The first-order valence-corrected chi connectivity index (χ1v) is 11.4. The van der Waals surface area contributed by atoms with Crippen LogP contribution in [-0.4, -0.2) is 43.6 Å². The fourth-order valence-electron chi connectivity index (χ4n) is 3.62. The summed E-state index contributed by atoms with van der Waals surface area (Å²) in [6.07, 6.45) is 0.242. The summed E-state index contributed by atoms with van der Waals surface area (Å²) in [7, 11) is 1.45. The van der Waals surface area contributed by atoms with E-state index in [1.165, 1.54) is 7.11 Å². The molecule has 2 aromatic rings. The van der Waals surface area contributed by atoms with E-state index in [-0.39, 0.29) is 30.8 Å². The lowest BCUT2D eigenvalue weighted by Gasteiger charge is -2.24. The third kappa shape index (κ3) is 8.85. The molecule has 0 heterocycles. The predicted molar refractivity (Wildman–Crippen MR) is 129 cm³/mol. The van der Waals surface area contributed by atoms with Crippen LogP contribution in [0, 0.1) is 11.8 Å². The summed E-state index contributed by atoms with van der Waals surface area (Å²) in [5.74, 6) is -0.234. The van der Waals surface area contributed by atoms with Crippen molar-refractivity contribution in [3.8, 4) is 0 Å². The van der Waals surface area contributed by atoms with E-state index in [9.17, 15) is 14.4 Å². The number of Topliss-reactive ketones (excluding diaryl/α,β-unsaturated/α-hetero) is 1. The van der Waals surface area contributed by atoms with E-state index in [2.05, 4.69) is 10.6 Å². The standard InChI is InChI=1S/C26H36N2O5/c1-17(2)12-22(24(29)16-32-5)27-25(30)23(13-18(3)4)28-26(31)33-15-19-10-11-20-8-6-7-9-21(20)14-19/h6-11,14,17-18,22-23H,12-13,15-16H2,1-5H3,(H,27,30)(H,28,31)/t22-,23-/m0/s1. The molecule has 2 rings (SSSR count). The fraction of sp³-hybridized carbons (Fsp3) is 0.500. The molecule has 33 heavy (non-hydrogen) atoms. The second-order valence-corrected chi connectivity index (χ2v) is 9.17. The van der Waals surface area contributed by atoms with Gasteiger partial charge in [0.2, 0.25) is 5.91 Å². The maximum Gasteiger partial charge on any atom is 0.408 e. The molecule has 0 saturated carbocycles. The Hall–Kier alpha value is -2.93. The lowest BCUT2D eigenvalue weighted by Crippen LogP contribution is -2.52. The fourth-order valence-corrected chi connectivity index (χ4v) is 3.62. The molecule has 0 aliphatic carbocycles. The van der Waals surface area contributed by atoms with Crippen LogP contribution in [0.15, 0.2) is 42.5 Å². The molecule has 0 bridgehead atoms. The largest absolute Gasteiger partial charge is 0.445 e. The van der Waals surface area contributed by atoms with Gasteiger partial charge in [0.1, 0.15) is 19.3 Å². The number of hydrogen-bond acceptors (Lipinski definition) is 5. The van der Waals surface area contributed by atoms with Crippen molar-refractivity contribution < 1.29 is 23.9 Å². The molecule has 0 saturated heterocycles. The number of nitrogens with one attached hydrogen (secondary N) is 2. The van der Waals surface area contributed by atoms with Crippen LogP contribution in [0.2, 0.25) is 0 Å². The summed E-state index contributed by atoms with van der Waals surface area (Å²) < 4.78 is 10.3. The van der Waals surface area contributed by atoms with Crippen LogP contribution < -0.4 is 10.6 Å². The van der Waals surface area contributed by atoms with Gasteiger partial charge >= 0.3 is 6.09 Å². The first-order chi connectivity index (χ1) is 15.7. The van der Waals surface area contributed by atoms with E-state index in [0.717, 1.165) is 16.3 Å². The smallest absolute Gasteiger partial charge is 0.408 e. The zero-order chi connectivity index (χ0) is 24.4. The maximum atomic E-state index is 13.0. The van der Waals surface area contributed by atoms with Crippen molar-refractivity contribution in [3.05, 3.63) is 48.0 Å². The molecule has 0 spiro atoms. The average molecular weight is 457 g/mol. The normalized spacial score (nSPS) is 13.1. The van der Waals surface area contributed by atoms with E-state index in [4.69, 9.17) is 9.47 Å². The molecule has 0 aliphatic rings. The summed E-state index contributed by atoms with van der Waals surface area (Å²) >= 11 is 0. The monoisotopic (exact) mass is 456 g/mol. The maximum absolute atomic E-state index is 13.0. The molecule has 0 aliphatic heterocycles. The molecule has 0 aromatic heterocycles. The van der Waals surface area contributed by atoms with Crippen molar-refractivity contribution in [3.63, 3.8) is 0 Å². The third-order valence-electron chi connectivity index (χ3n) is 5.20. The number of ether oxygens (including phenoxy) is 2. The number of benzene rings is 2. The summed E-state index contributed by atoms with van der Waals surface area (Å²) in [6, 6.07) is 12.3. The second kappa shape index (κ2) is 12.9. The van der Waals surface area contributed by atoms with Crippen molar-refractivity contribution in [2.24, 2.45) is 11.8 Å². The second-order valence-electron chi connectivity index (χ2n) is 9.17. The number of ketones is 1. The first kappa shape index (κ1) is 26.3. The number of rotatable bonds is 12. The van der Waals surface area contributed by atoms with Crippen molar-refractivity contribution in [2.75, 3.05) is 13.7 Å². The summed E-state index contributed by atoms with van der Waals surface area (Å²) in [4.78, 5) is 37.8. The minimum Gasteiger partial charge on any atom is -0.445 e. The van der Waals surface area contributed by atoms with Crippen molar-refractivity contribution >= 4 is 28.6 Å². The Morgan fingerprint density at radius 2 is 1.48 bits per heavy atom. The highest BCUT2D eigenvalue weighted by atomic mass is 16.5. The zero-order valence-corrected chi connectivity index (χ0v) is 20.2. The van der Waals surface area contributed by atoms with Crippen LogP contribution in [0.4, 0.5) is 4.79 Å². The van der Waals surface area contributed by atoms with Crippen LogP contribution in [0.1, 0.15) is 46.1 Å². The Labute approximate surface area is 196 Å². The quantitative estimate of drug-likeness (QED) is 0.499. The number of methoxy groups -OCH3 is 1. The number of carbonyl (C=O) groups excluding carboxylic acids is 3. The van der Waals surface area contributed by atoms with E-state index >= 15 is 0 Å². The van der Waals surface area contributed by atoms with Crippen LogP contribution in [0.3, 0.4) is 0 Å². The van der Waals surface area contributed by atoms with E-state index in [0.29, 0.717) is 12.8 Å². The molecule has 0 unspecified atom stereocenters. The lowest BCUT2D eigenvalue weighted by molar-refractivity contribution is -0.131. The Balaban J connectivity index is 2.00. The van der Waals surface area contributed by atoms with Gasteiger partial charge in [-0.25, -0.2) is 4.79 Å². The van der Waals surface area contributed by atoms with Crippen LogP contribution in [-0.2, 0) is 25.7 Å². The molecule has 0 fully saturated rings. The van der Waals surface area contributed by atoms with Gasteiger partial charge in [-0.1, -0.05) is 64.1 Å². The molecule has 7 nitrogen and oxygen atoms in total. The number of alkyl carbamates (subject to hydrolysis) is 1. The highest BCUT2D eigenvalue weighted by molar-refractivity contribution is 5.92. The number of fused-ring (bicyclic) bond motifs is 1. The molecular weight excluding hydrogens is 420 g/mol. The van der Waals surface area contributed by atoms with Crippen molar-refractivity contribution in [1.82, 2.24) is 10.6 Å². The van der Waals surface area contributed by atoms with Gasteiger partial charge in [-0.3, -0.25) is 9.59 Å². The Morgan fingerprint density at radius 1 is 0.848 bits per heavy atom. The molecule has 2 N–H and O–H groups in total. The Kier molecular flexibility index (Phi) is 10.3. The summed E-state index contributed by atoms with van der Waals surface area (Å²) in [6.45, 7) is 7.90. The highest BCUT2D eigenvalue weighted by Gasteiger charge is 2.28. The first-order valence-electron chi connectivity index (χ1n) is 11.4. The Bertz CT molecular complexity index is 941. The molecule has 2 amide bonds. The van der Waals surface area contributed by atoms with E-state index in [1.807, 2.05) is 70.2 Å². The zero-order valence-electron chi connectivity index (χ0n) is 20.2. The Morgan fingerprint density at radius 3 is 2.12 bits per heavy atom. The van der Waals surface area contributed by atoms with Crippen molar-refractivity contribution in [1.29, 1.82) is 0 Å². The van der Waals surface area contributed by atoms with Gasteiger partial charge in [-0.05, 0) is 47.1 Å². The average Bonchev–Trinajstić information content (AvgIpc) is 2.76. The molecular formula is C26H36N2O5. The van der Waals surface area contributed by atoms with Gasteiger partial charge in [0.25, 0.3) is 0 Å². The topological polar surface area (TPSA) is 93.7 Å². The number of hydrogen-bond donors (Lipinski definition) is 2. The lowest BCUT2D eigenvalue weighted by atomic mass is 9.98. The third-order valence-corrected chi connectivity index (χ3v) is 5.20. The minimum atomic E-state index is -0.806. The number of amides is 2. The van der Waals surface area contributed by atoms with Crippen molar-refractivity contribution in [2.45, 2.75) is 59.2 Å². The van der Waals surface area contributed by atoms with Gasteiger partial charge in [-0.15, -0.1) is 0 Å². The summed E-state index contributed by atoms with van der Waals surface area (Å²) in [5, 5.41) is 7.64. The van der Waals surface area contributed by atoms with E-state index in [1.54, 1.807) is 0 Å². The summed E-state index contributed by atoms with van der Waals surface area (Å²) in [5.41, 5.74) is 0.857. The van der Waals surface area contributed by atoms with Crippen LogP contribution >= 0.6 is 0 Å².